The molecule has 14 heteroatoms. The van der Waals surface area contributed by atoms with Gasteiger partial charge in [-0.3, -0.25) is 18.6 Å². The van der Waals surface area contributed by atoms with Crippen molar-refractivity contribution in [2.45, 2.75) is 243 Å². The summed E-state index contributed by atoms with van der Waals surface area (Å²) in [6.07, 6.45) is 18.9. The Morgan fingerprint density at radius 3 is 1.18 bits per heavy atom. The molecular weight excluding hydrogens is 743 g/mol. The molecule has 1 saturated carbocycles. The van der Waals surface area contributed by atoms with Gasteiger partial charge in [-0.1, -0.05) is 174 Å². The number of rotatable bonds is 37. The summed E-state index contributed by atoms with van der Waals surface area (Å²) in [5.74, 6) is -1.09. The van der Waals surface area contributed by atoms with Crippen LogP contribution >= 0.6 is 7.82 Å². The maximum atomic E-state index is 12.8. The minimum Gasteiger partial charge on any atom is -0.462 e. The highest BCUT2D eigenvalue weighted by Gasteiger charge is 2.51. The molecule has 0 saturated heterocycles. The molecule has 0 aromatic rings. The minimum atomic E-state index is -5.10. The molecule has 8 atom stereocenters. The SMILES string of the molecule is CCCCCCCCCCCCCCCCCCCCC(=O)O[C@H](COC(=O)CCCCCCCCCCC)COP(=O)(O)OC1C(O)C(O)C(O)[C@H](O)C1O. The zero-order valence-corrected chi connectivity index (χ0v) is 35.8. The van der Waals surface area contributed by atoms with Crippen LogP contribution in [-0.2, 0) is 32.7 Å². The van der Waals surface area contributed by atoms with Gasteiger partial charge in [0.15, 0.2) is 6.10 Å². The fourth-order valence-corrected chi connectivity index (χ4v) is 8.03. The van der Waals surface area contributed by atoms with Gasteiger partial charge in [-0.25, -0.2) is 4.57 Å². The third-order valence-corrected chi connectivity index (χ3v) is 11.7. The highest BCUT2D eigenvalue weighted by Crippen LogP contribution is 2.47. The van der Waals surface area contributed by atoms with E-state index >= 15 is 0 Å². The molecule has 332 valence electrons. The van der Waals surface area contributed by atoms with Gasteiger partial charge in [0.25, 0.3) is 0 Å². The Balaban J connectivity index is 2.42. The number of ether oxygens (including phenoxy) is 2. The largest absolute Gasteiger partial charge is 0.472 e. The first-order chi connectivity index (χ1) is 26.9. The molecule has 1 aliphatic carbocycles. The standard InChI is InChI=1S/C42H81O13P/c1-3-5-7-9-11-13-14-15-16-17-18-19-20-21-23-25-27-29-31-36(44)54-34(32-52-35(43)30-28-26-24-22-12-10-8-6-4-2)33-53-56(50,51)55-42-40(48)38(46)37(45)39(47)41(42)49/h34,37-42,45-49H,3-33H2,1-2H3,(H,50,51)/t34-,37?,38+,39?,40?,41?,42?/m1/s1. The number of aliphatic hydroxyl groups excluding tert-OH is 5. The van der Waals surface area contributed by atoms with Gasteiger partial charge in [-0.2, -0.15) is 0 Å². The van der Waals surface area contributed by atoms with E-state index in [0.29, 0.717) is 12.8 Å². The van der Waals surface area contributed by atoms with Gasteiger partial charge in [-0.15, -0.1) is 0 Å². The summed E-state index contributed by atoms with van der Waals surface area (Å²) in [5.41, 5.74) is 0. The normalized spacial score (nSPS) is 22.8. The van der Waals surface area contributed by atoms with Crippen LogP contribution in [-0.4, -0.2) is 98.3 Å². The minimum absolute atomic E-state index is 0.105. The van der Waals surface area contributed by atoms with E-state index in [4.69, 9.17) is 18.5 Å². The van der Waals surface area contributed by atoms with Crippen molar-refractivity contribution in [1.29, 1.82) is 0 Å². The second kappa shape index (κ2) is 33.7. The average Bonchev–Trinajstić information content (AvgIpc) is 3.18. The van der Waals surface area contributed by atoms with Crippen LogP contribution in [0.3, 0.4) is 0 Å². The number of carbonyl (C=O) groups is 2. The van der Waals surface area contributed by atoms with Gasteiger partial charge in [0.05, 0.1) is 6.61 Å². The van der Waals surface area contributed by atoms with Crippen molar-refractivity contribution >= 4 is 19.8 Å². The molecule has 0 aromatic carbocycles. The molecule has 0 heterocycles. The molecule has 1 rings (SSSR count). The second-order valence-electron chi connectivity index (χ2n) is 15.9. The van der Waals surface area contributed by atoms with Crippen molar-refractivity contribution in [2.75, 3.05) is 13.2 Å². The summed E-state index contributed by atoms with van der Waals surface area (Å²) in [4.78, 5) is 35.5. The van der Waals surface area contributed by atoms with E-state index in [0.717, 1.165) is 38.5 Å². The lowest BCUT2D eigenvalue weighted by Crippen LogP contribution is -2.64. The summed E-state index contributed by atoms with van der Waals surface area (Å²) in [5, 5.41) is 50.0. The molecule has 1 fully saturated rings. The van der Waals surface area contributed by atoms with Gasteiger partial charge >= 0.3 is 19.8 Å². The number of hydrogen-bond acceptors (Lipinski definition) is 12. The van der Waals surface area contributed by atoms with Crippen molar-refractivity contribution in [3.63, 3.8) is 0 Å². The van der Waals surface area contributed by atoms with Gasteiger partial charge in [0, 0.05) is 12.8 Å². The number of phosphoric ester groups is 1. The molecule has 56 heavy (non-hydrogen) atoms. The van der Waals surface area contributed by atoms with Gasteiger partial charge in [-0.05, 0) is 12.8 Å². The van der Waals surface area contributed by atoms with Crippen LogP contribution in [0, 0.1) is 0 Å². The lowest BCUT2D eigenvalue weighted by Gasteiger charge is -2.41. The number of unbranched alkanes of at least 4 members (excludes halogenated alkanes) is 25. The maximum Gasteiger partial charge on any atom is 0.472 e. The fourth-order valence-electron chi connectivity index (χ4n) is 7.05. The van der Waals surface area contributed by atoms with Crippen molar-refractivity contribution in [2.24, 2.45) is 0 Å². The summed E-state index contributed by atoms with van der Waals surface area (Å²) in [6, 6.07) is 0. The summed E-state index contributed by atoms with van der Waals surface area (Å²) in [6.45, 7) is 3.28. The third kappa shape index (κ3) is 26.1. The Hall–Kier alpha value is -1.15. The topological polar surface area (TPSA) is 210 Å². The predicted octanol–water partition coefficient (Wildman–Crippen LogP) is 8.11. The molecule has 0 aliphatic heterocycles. The van der Waals surface area contributed by atoms with Crippen molar-refractivity contribution < 1.29 is 63.1 Å². The second-order valence-corrected chi connectivity index (χ2v) is 17.3. The predicted molar refractivity (Wildman–Crippen MR) is 217 cm³/mol. The van der Waals surface area contributed by atoms with E-state index in [-0.39, 0.29) is 12.8 Å². The zero-order valence-electron chi connectivity index (χ0n) is 34.9. The van der Waals surface area contributed by atoms with Crippen LogP contribution in [0.15, 0.2) is 0 Å². The fraction of sp³-hybridized carbons (Fsp3) is 0.952. The first-order valence-electron chi connectivity index (χ1n) is 22.3. The van der Waals surface area contributed by atoms with E-state index in [9.17, 15) is 44.6 Å². The highest BCUT2D eigenvalue weighted by atomic mass is 31.2. The Morgan fingerprint density at radius 1 is 0.482 bits per heavy atom. The maximum absolute atomic E-state index is 12.8. The Bertz CT molecular complexity index is 1000. The Kier molecular flexibility index (Phi) is 31.8. The van der Waals surface area contributed by atoms with E-state index in [1.807, 2.05) is 0 Å². The molecule has 6 N–H and O–H groups in total. The lowest BCUT2D eigenvalue weighted by molar-refractivity contribution is -0.220. The third-order valence-electron chi connectivity index (χ3n) is 10.7. The number of hydrogen-bond donors (Lipinski definition) is 6. The van der Waals surface area contributed by atoms with Gasteiger partial charge in [0.1, 0.15) is 43.2 Å². The van der Waals surface area contributed by atoms with Crippen LogP contribution in [0.4, 0.5) is 0 Å². The summed E-state index contributed by atoms with van der Waals surface area (Å²) >= 11 is 0. The van der Waals surface area contributed by atoms with Crippen LogP contribution in [0.25, 0.3) is 0 Å². The van der Waals surface area contributed by atoms with Gasteiger partial charge < -0.3 is 39.9 Å². The summed E-state index contributed by atoms with van der Waals surface area (Å²) < 4.78 is 33.4. The smallest absolute Gasteiger partial charge is 0.462 e. The highest BCUT2D eigenvalue weighted by molar-refractivity contribution is 7.47. The Morgan fingerprint density at radius 2 is 0.804 bits per heavy atom. The molecular formula is C42H81O13P. The molecule has 0 bridgehead atoms. The number of esters is 2. The zero-order chi connectivity index (χ0) is 41.4. The number of carbonyl (C=O) groups excluding carboxylic acids is 2. The van der Waals surface area contributed by atoms with E-state index in [1.165, 1.54) is 122 Å². The summed E-state index contributed by atoms with van der Waals surface area (Å²) in [7, 11) is -5.10. The van der Waals surface area contributed by atoms with Crippen LogP contribution < -0.4 is 0 Å². The monoisotopic (exact) mass is 825 g/mol. The van der Waals surface area contributed by atoms with E-state index < -0.39 is 75.7 Å². The Labute approximate surface area is 338 Å². The molecule has 0 spiro atoms. The van der Waals surface area contributed by atoms with Gasteiger partial charge in [0.2, 0.25) is 0 Å². The molecule has 0 amide bonds. The number of aliphatic hydroxyl groups is 5. The van der Waals surface area contributed by atoms with E-state index in [2.05, 4.69) is 13.8 Å². The van der Waals surface area contributed by atoms with Crippen LogP contribution in [0.1, 0.15) is 200 Å². The average molecular weight is 825 g/mol. The molecule has 0 radical (unpaired) electrons. The van der Waals surface area contributed by atoms with Crippen molar-refractivity contribution in [3.8, 4) is 0 Å². The van der Waals surface area contributed by atoms with E-state index in [1.54, 1.807) is 0 Å². The van der Waals surface area contributed by atoms with Crippen molar-refractivity contribution in [1.82, 2.24) is 0 Å². The first-order valence-corrected chi connectivity index (χ1v) is 23.8. The molecule has 0 aromatic heterocycles. The van der Waals surface area contributed by atoms with Crippen LogP contribution in [0.5, 0.6) is 0 Å². The quantitative estimate of drug-likeness (QED) is 0.0199. The van der Waals surface area contributed by atoms with Crippen molar-refractivity contribution in [3.05, 3.63) is 0 Å². The number of phosphoric acid groups is 1. The molecule has 13 nitrogen and oxygen atoms in total. The lowest BCUT2D eigenvalue weighted by atomic mass is 9.85. The molecule has 6 unspecified atom stereocenters. The molecule has 1 aliphatic rings. The first kappa shape index (κ1) is 52.9. The van der Waals surface area contributed by atoms with Crippen LogP contribution in [0.2, 0.25) is 0 Å².